The molecule has 2 rings (SSSR count). The Morgan fingerprint density at radius 2 is 2.04 bits per heavy atom. The fourth-order valence-electron chi connectivity index (χ4n) is 2.24. The number of amides is 1. The summed E-state index contributed by atoms with van der Waals surface area (Å²) in [4.78, 5) is 23.0. The molecule has 0 saturated carbocycles. The SMILES string of the molecule is CCCCN(C)c1nccc(C(=O)Nc2ccc(OC)cc2OC)n1. The van der Waals surface area contributed by atoms with Crippen LogP contribution in [-0.4, -0.2) is 43.7 Å². The molecule has 0 aliphatic carbocycles. The molecule has 0 bridgehead atoms. The standard InChI is InChI=1S/C18H24N4O3/c1-5-6-11-22(2)18-19-10-9-15(21-18)17(23)20-14-8-7-13(24-3)12-16(14)25-4/h7-10,12H,5-6,11H2,1-4H3,(H,20,23). The molecule has 134 valence electrons. The molecule has 0 saturated heterocycles. The molecule has 0 radical (unpaired) electrons. The van der Waals surface area contributed by atoms with Crippen molar-refractivity contribution in [1.82, 2.24) is 9.97 Å². The molecule has 1 N–H and O–H groups in total. The van der Waals surface area contributed by atoms with E-state index in [9.17, 15) is 4.79 Å². The molecule has 1 amide bonds. The summed E-state index contributed by atoms with van der Waals surface area (Å²) in [5.74, 6) is 1.37. The van der Waals surface area contributed by atoms with Crippen molar-refractivity contribution in [3.8, 4) is 11.5 Å². The number of nitrogens with one attached hydrogen (secondary N) is 1. The van der Waals surface area contributed by atoms with Crippen LogP contribution in [0.25, 0.3) is 0 Å². The van der Waals surface area contributed by atoms with Crippen molar-refractivity contribution in [3.05, 3.63) is 36.2 Å². The van der Waals surface area contributed by atoms with Gasteiger partial charge in [-0.2, -0.15) is 0 Å². The normalized spacial score (nSPS) is 10.2. The van der Waals surface area contributed by atoms with Crippen molar-refractivity contribution in [1.29, 1.82) is 0 Å². The number of nitrogens with zero attached hydrogens (tertiary/aromatic N) is 3. The van der Waals surface area contributed by atoms with Gasteiger partial charge in [-0.05, 0) is 24.6 Å². The fourth-order valence-corrected chi connectivity index (χ4v) is 2.24. The van der Waals surface area contributed by atoms with Crippen LogP contribution in [0.5, 0.6) is 11.5 Å². The van der Waals surface area contributed by atoms with Gasteiger partial charge in [-0.1, -0.05) is 13.3 Å². The molecule has 25 heavy (non-hydrogen) atoms. The first-order valence-electron chi connectivity index (χ1n) is 8.16. The lowest BCUT2D eigenvalue weighted by Crippen LogP contribution is -2.23. The molecule has 0 aliphatic heterocycles. The summed E-state index contributed by atoms with van der Waals surface area (Å²) in [6.45, 7) is 2.97. The van der Waals surface area contributed by atoms with Crippen LogP contribution >= 0.6 is 0 Å². The highest BCUT2D eigenvalue weighted by atomic mass is 16.5. The minimum Gasteiger partial charge on any atom is -0.497 e. The van der Waals surface area contributed by atoms with E-state index in [0.29, 0.717) is 28.8 Å². The first-order valence-corrected chi connectivity index (χ1v) is 8.16. The van der Waals surface area contributed by atoms with Crippen LogP contribution in [0.3, 0.4) is 0 Å². The number of anilines is 2. The lowest BCUT2D eigenvalue weighted by molar-refractivity contribution is 0.102. The molecule has 7 heteroatoms. The molecule has 0 atom stereocenters. The van der Waals surface area contributed by atoms with Crippen LogP contribution in [-0.2, 0) is 0 Å². The summed E-state index contributed by atoms with van der Waals surface area (Å²) in [6.07, 6.45) is 3.71. The van der Waals surface area contributed by atoms with Crippen LogP contribution in [0.15, 0.2) is 30.5 Å². The highest BCUT2D eigenvalue weighted by Crippen LogP contribution is 2.29. The number of hydrogen-bond donors (Lipinski definition) is 1. The molecule has 0 spiro atoms. The highest BCUT2D eigenvalue weighted by molar-refractivity contribution is 6.03. The minimum atomic E-state index is -0.323. The van der Waals surface area contributed by atoms with E-state index in [1.807, 2.05) is 11.9 Å². The number of benzene rings is 1. The summed E-state index contributed by atoms with van der Waals surface area (Å²) < 4.78 is 10.5. The van der Waals surface area contributed by atoms with E-state index in [1.54, 1.807) is 37.6 Å². The van der Waals surface area contributed by atoms with Gasteiger partial charge in [0.1, 0.15) is 17.2 Å². The lowest BCUT2D eigenvalue weighted by atomic mass is 10.2. The lowest BCUT2D eigenvalue weighted by Gasteiger charge is -2.17. The zero-order valence-corrected chi connectivity index (χ0v) is 15.1. The Morgan fingerprint density at radius 1 is 1.24 bits per heavy atom. The van der Waals surface area contributed by atoms with Crippen molar-refractivity contribution < 1.29 is 14.3 Å². The Kier molecular flexibility index (Phi) is 6.56. The van der Waals surface area contributed by atoms with Gasteiger partial charge < -0.3 is 19.7 Å². The summed E-state index contributed by atoms with van der Waals surface area (Å²) in [7, 11) is 5.03. The Balaban J connectivity index is 2.16. The van der Waals surface area contributed by atoms with Crippen molar-refractivity contribution in [2.24, 2.45) is 0 Å². The van der Waals surface area contributed by atoms with Gasteiger partial charge in [0, 0.05) is 25.9 Å². The number of methoxy groups -OCH3 is 2. The topological polar surface area (TPSA) is 76.6 Å². The third kappa shape index (κ3) is 4.82. The van der Waals surface area contributed by atoms with Gasteiger partial charge >= 0.3 is 0 Å². The molecule has 1 aromatic carbocycles. The second-order valence-corrected chi connectivity index (χ2v) is 5.54. The van der Waals surface area contributed by atoms with Gasteiger partial charge in [0.05, 0.1) is 19.9 Å². The van der Waals surface area contributed by atoms with Gasteiger partial charge in [0.15, 0.2) is 0 Å². The molecule has 2 aromatic rings. The van der Waals surface area contributed by atoms with E-state index in [1.165, 1.54) is 7.11 Å². The largest absolute Gasteiger partial charge is 0.497 e. The quantitative estimate of drug-likeness (QED) is 0.793. The maximum atomic E-state index is 12.5. The summed E-state index contributed by atoms with van der Waals surface area (Å²) in [6, 6.07) is 6.77. The van der Waals surface area contributed by atoms with Crippen LogP contribution in [0.4, 0.5) is 11.6 Å². The molecule has 7 nitrogen and oxygen atoms in total. The number of carbonyl (C=O) groups is 1. The number of rotatable bonds is 8. The zero-order valence-electron chi connectivity index (χ0n) is 15.1. The number of aromatic nitrogens is 2. The van der Waals surface area contributed by atoms with E-state index in [-0.39, 0.29) is 5.91 Å². The van der Waals surface area contributed by atoms with E-state index >= 15 is 0 Å². The van der Waals surface area contributed by atoms with Crippen molar-refractivity contribution >= 4 is 17.5 Å². The number of carbonyl (C=O) groups excluding carboxylic acids is 1. The van der Waals surface area contributed by atoms with Gasteiger partial charge in [-0.15, -0.1) is 0 Å². The predicted molar refractivity (Wildman–Crippen MR) is 97.7 cm³/mol. The Hall–Kier alpha value is -2.83. The van der Waals surface area contributed by atoms with E-state index < -0.39 is 0 Å². The summed E-state index contributed by atoms with van der Waals surface area (Å²) >= 11 is 0. The summed E-state index contributed by atoms with van der Waals surface area (Å²) in [5.41, 5.74) is 0.846. The van der Waals surface area contributed by atoms with Crippen molar-refractivity contribution in [2.75, 3.05) is 38.0 Å². The first kappa shape index (κ1) is 18.5. The van der Waals surface area contributed by atoms with Crippen LogP contribution in [0, 0.1) is 0 Å². The van der Waals surface area contributed by atoms with E-state index in [0.717, 1.165) is 19.4 Å². The minimum absolute atomic E-state index is 0.297. The van der Waals surface area contributed by atoms with Crippen molar-refractivity contribution in [2.45, 2.75) is 19.8 Å². The van der Waals surface area contributed by atoms with E-state index in [4.69, 9.17) is 9.47 Å². The fraction of sp³-hybridized carbons (Fsp3) is 0.389. The average Bonchev–Trinajstić information content (AvgIpc) is 2.66. The third-order valence-corrected chi connectivity index (χ3v) is 3.72. The number of ether oxygens (including phenoxy) is 2. The average molecular weight is 344 g/mol. The molecule has 0 fully saturated rings. The number of unbranched alkanes of at least 4 members (excludes halogenated alkanes) is 1. The third-order valence-electron chi connectivity index (χ3n) is 3.72. The predicted octanol–water partition coefficient (Wildman–Crippen LogP) is 2.98. The first-order chi connectivity index (χ1) is 12.1. The molecule has 0 aliphatic rings. The van der Waals surface area contributed by atoms with Gasteiger partial charge in [-0.3, -0.25) is 4.79 Å². The number of hydrogen-bond acceptors (Lipinski definition) is 6. The van der Waals surface area contributed by atoms with E-state index in [2.05, 4.69) is 22.2 Å². The van der Waals surface area contributed by atoms with Gasteiger partial charge in [0.25, 0.3) is 5.91 Å². The maximum absolute atomic E-state index is 12.5. The highest BCUT2D eigenvalue weighted by Gasteiger charge is 2.14. The summed E-state index contributed by atoms with van der Waals surface area (Å²) in [5, 5.41) is 2.81. The molecule has 1 heterocycles. The zero-order chi connectivity index (χ0) is 18.2. The molecule has 1 aromatic heterocycles. The van der Waals surface area contributed by atoms with Gasteiger partial charge in [-0.25, -0.2) is 9.97 Å². The van der Waals surface area contributed by atoms with Gasteiger partial charge in [0.2, 0.25) is 5.95 Å². The Bertz CT molecular complexity index is 721. The maximum Gasteiger partial charge on any atom is 0.274 e. The molecular weight excluding hydrogens is 320 g/mol. The second-order valence-electron chi connectivity index (χ2n) is 5.54. The van der Waals surface area contributed by atoms with Crippen LogP contribution < -0.4 is 19.7 Å². The Morgan fingerprint density at radius 3 is 2.72 bits per heavy atom. The van der Waals surface area contributed by atoms with Crippen LogP contribution in [0.1, 0.15) is 30.3 Å². The second kappa shape index (κ2) is 8.86. The molecule has 0 unspecified atom stereocenters. The monoisotopic (exact) mass is 344 g/mol. The Labute approximate surface area is 148 Å². The smallest absolute Gasteiger partial charge is 0.274 e. The molecular formula is C18H24N4O3. The van der Waals surface area contributed by atoms with Crippen molar-refractivity contribution in [3.63, 3.8) is 0 Å². The van der Waals surface area contributed by atoms with Crippen LogP contribution in [0.2, 0.25) is 0 Å².